The first kappa shape index (κ1) is 18.0. The summed E-state index contributed by atoms with van der Waals surface area (Å²) in [5.41, 5.74) is 3.13. The third kappa shape index (κ3) is 4.83. The van der Waals surface area contributed by atoms with Crippen LogP contribution in [0.4, 0.5) is 0 Å². The molecule has 2 aromatic rings. The standard InChI is InChI=1S/C20H24N2O2S/c1-14-7-8-17(11-15(14)2)25-20-18(6-3-9-21-20)19(23)22-12-16-5-4-10-24-13-16/h3,6-9,11,16H,4-5,10,12-13H2,1-2H3,(H,22,23). The van der Waals surface area contributed by atoms with E-state index in [-0.39, 0.29) is 5.91 Å². The van der Waals surface area contributed by atoms with Crippen molar-refractivity contribution >= 4 is 17.7 Å². The molecule has 1 aromatic carbocycles. The first-order valence-corrected chi connectivity index (χ1v) is 9.51. The number of ether oxygens (including phenoxy) is 1. The van der Waals surface area contributed by atoms with Gasteiger partial charge in [0, 0.05) is 24.2 Å². The molecule has 1 amide bonds. The topological polar surface area (TPSA) is 51.2 Å². The van der Waals surface area contributed by atoms with Gasteiger partial charge < -0.3 is 10.1 Å². The van der Waals surface area contributed by atoms with Crippen LogP contribution in [0.2, 0.25) is 0 Å². The summed E-state index contributed by atoms with van der Waals surface area (Å²) >= 11 is 1.53. The number of nitrogens with one attached hydrogen (secondary N) is 1. The van der Waals surface area contributed by atoms with Gasteiger partial charge in [0.05, 0.1) is 12.2 Å². The number of pyridine rings is 1. The highest BCUT2D eigenvalue weighted by atomic mass is 32.2. The van der Waals surface area contributed by atoms with E-state index in [1.165, 1.54) is 22.9 Å². The number of hydrogen-bond acceptors (Lipinski definition) is 4. The molecular weight excluding hydrogens is 332 g/mol. The zero-order chi connectivity index (χ0) is 17.6. The smallest absolute Gasteiger partial charge is 0.254 e. The number of aromatic nitrogens is 1. The normalized spacial score (nSPS) is 17.3. The Balaban J connectivity index is 1.69. The maximum absolute atomic E-state index is 12.6. The van der Waals surface area contributed by atoms with E-state index < -0.39 is 0 Å². The molecule has 1 saturated heterocycles. The van der Waals surface area contributed by atoms with Gasteiger partial charge in [-0.05, 0) is 68.0 Å². The fourth-order valence-electron chi connectivity index (χ4n) is 2.83. The highest BCUT2D eigenvalue weighted by molar-refractivity contribution is 7.99. The number of aryl methyl sites for hydroxylation is 2. The molecule has 1 N–H and O–H groups in total. The molecule has 1 fully saturated rings. The quantitative estimate of drug-likeness (QED) is 0.879. The van der Waals surface area contributed by atoms with Crippen molar-refractivity contribution in [3.63, 3.8) is 0 Å². The summed E-state index contributed by atoms with van der Waals surface area (Å²) in [6, 6.07) is 9.95. The minimum Gasteiger partial charge on any atom is -0.381 e. The Kier molecular flexibility index (Phi) is 6.10. The Labute approximate surface area is 153 Å². The summed E-state index contributed by atoms with van der Waals surface area (Å²) in [5, 5.41) is 3.78. The summed E-state index contributed by atoms with van der Waals surface area (Å²) in [7, 11) is 0. The molecule has 0 spiro atoms. The predicted octanol–water partition coefficient (Wildman–Crippen LogP) is 4.01. The molecule has 5 heteroatoms. The molecule has 0 aliphatic carbocycles. The van der Waals surface area contributed by atoms with E-state index >= 15 is 0 Å². The summed E-state index contributed by atoms with van der Waals surface area (Å²) in [6.07, 6.45) is 3.91. The third-order valence-electron chi connectivity index (χ3n) is 4.51. The molecule has 25 heavy (non-hydrogen) atoms. The minimum atomic E-state index is -0.0648. The molecule has 0 radical (unpaired) electrons. The van der Waals surface area contributed by atoms with Crippen molar-refractivity contribution in [3.05, 3.63) is 53.2 Å². The molecule has 1 aliphatic heterocycles. The lowest BCUT2D eigenvalue weighted by atomic mass is 10.0. The largest absolute Gasteiger partial charge is 0.381 e. The van der Waals surface area contributed by atoms with E-state index in [1.807, 2.05) is 12.1 Å². The van der Waals surface area contributed by atoms with E-state index in [2.05, 4.69) is 42.3 Å². The molecule has 1 atom stereocenters. The molecule has 4 nitrogen and oxygen atoms in total. The van der Waals surface area contributed by atoms with E-state index in [1.54, 1.807) is 6.20 Å². The van der Waals surface area contributed by atoms with Crippen LogP contribution in [0.15, 0.2) is 46.5 Å². The summed E-state index contributed by atoms with van der Waals surface area (Å²) < 4.78 is 5.48. The van der Waals surface area contributed by atoms with Crippen LogP contribution in [-0.2, 0) is 4.74 Å². The van der Waals surface area contributed by atoms with Gasteiger partial charge in [-0.1, -0.05) is 17.8 Å². The first-order valence-electron chi connectivity index (χ1n) is 8.69. The predicted molar refractivity (Wildman–Crippen MR) is 100 cm³/mol. The van der Waals surface area contributed by atoms with Crippen LogP contribution in [0.3, 0.4) is 0 Å². The molecule has 0 bridgehead atoms. The summed E-state index contributed by atoms with van der Waals surface area (Å²) in [5.74, 6) is 0.343. The fraction of sp³-hybridized carbons (Fsp3) is 0.400. The molecule has 1 unspecified atom stereocenters. The van der Waals surface area contributed by atoms with Gasteiger partial charge in [-0.25, -0.2) is 4.98 Å². The van der Waals surface area contributed by atoms with Crippen molar-refractivity contribution in [2.45, 2.75) is 36.6 Å². The Morgan fingerprint density at radius 3 is 2.96 bits per heavy atom. The zero-order valence-corrected chi connectivity index (χ0v) is 15.6. The maximum Gasteiger partial charge on any atom is 0.254 e. The van der Waals surface area contributed by atoms with Crippen LogP contribution >= 0.6 is 11.8 Å². The Bertz CT molecular complexity index is 742. The van der Waals surface area contributed by atoms with Crippen molar-refractivity contribution < 1.29 is 9.53 Å². The SMILES string of the molecule is Cc1ccc(Sc2ncccc2C(=O)NCC2CCCOC2)cc1C. The Morgan fingerprint density at radius 1 is 1.32 bits per heavy atom. The number of carbonyl (C=O) groups is 1. The highest BCUT2D eigenvalue weighted by Crippen LogP contribution is 2.30. The van der Waals surface area contributed by atoms with Crippen molar-refractivity contribution in [2.24, 2.45) is 5.92 Å². The van der Waals surface area contributed by atoms with Crippen LogP contribution in [0.25, 0.3) is 0 Å². The van der Waals surface area contributed by atoms with Gasteiger partial charge in [0.25, 0.3) is 5.91 Å². The number of benzene rings is 1. The van der Waals surface area contributed by atoms with Crippen molar-refractivity contribution in [1.29, 1.82) is 0 Å². The molecule has 1 aliphatic rings. The fourth-order valence-corrected chi connectivity index (χ4v) is 3.81. The Morgan fingerprint density at radius 2 is 2.20 bits per heavy atom. The van der Waals surface area contributed by atoms with Gasteiger partial charge in [0.15, 0.2) is 0 Å². The second kappa shape index (κ2) is 8.50. The highest BCUT2D eigenvalue weighted by Gasteiger charge is 2.17. The van der Waals surface area contributed by atoms with Crippen LogP contribution in [0.5, 0.6) is 0 Å². The van der Waals surface area contributed by atoms with Crippen LogP contribution in [0.1, 0.15) is 34.3 Å². The van der Waals surface area contributed by atoms with Crippen LogP contribution in [0, 0.1) is 19.8 Å². The molecule has 3 rings (SSSR count). The first-order chi connectivity index (χ1) is 12.1. The maximum atomic E-state index is 12.6. The van der Waals surface area contributed by atoms with Gasteiger partial charge in [0.2, 0.25) is 0 Å². The summed E-state index contributed by atoms with van der Waals surface area (Å²) in [4.78, 5) is 18.1. The van der Waals surface area contributed by atoms with E-state index in [9.17, 15) is 4.79 Å². The molecule has 2 heterocycles. The number of carbonyl (C=O) groups excluding carboxylic acids is 1. The van der Waals surface area contributed by atoms with Crippen molar-refractivity contribution in [1.82, 2.24) is 10.3 Å². The lowest BCUT2D eigenvalue weighted by Gasteiger charge is -2.22. The average Bonchev–Trinajstić information content (AvgIpc) is 2.64. The number of nitrogens with zero attached hydrogens (tertiary/aromatic N) is 1. The van der Waals surface area contributed by atoms with E-state index in [0.29, 0.717) is 18.0 Å². The van der Waals surface area contributed by atoms with Crippen molar-refractivity contribution in [2.75, 3.05) is 19.8 Å². The average molecular weight is 356 g/mol. The second-order valence-corrected chi connectivity index (χ2v) is 7.56. The number of hydrogen-bond donors (Lipinski definition) is 1. The van der Waals surface area contributed by atoms with Gasteiger partial charge in [-0.3, -0.25) is 4.79 Å². The van der Waals surface area contributed by atoms with Gasteiger partial charge in [0.1, 0.15) is 5.03 Å². The minimum absolute atomic E-state index is 0.0648. The zero-order valence-electron chi connectivity index (χ0n) is 14.7. The molecule has 0 saturated carbocycles. The van der Waals surface area contributed by atoms with Gasteiger partial charge >= 0.3 is 0 Å². The van der Waals surface area contributed by atoms with Crippen molar-refractivity contribution in [3.8, 4) is 0 Å². The Hall–Kier alpha value is -1.85. The second-order valence-electron chi connectivity index (χ2n) is 6.50. The third-order valence-corrected chi connectivity index (χ3v) is 5.52. The van der Waals surface area contributed by atoms with Gasteiger partial charge in [-0.15, -0.1) is 0 Å². The van der Waals surface area contributed by atoms with E-state index in [0.717, 1.165) is 36.0 Å². The molecule has 132 valence electrons. The lowest BCUT2D eigenvalue weighted by Crippen LogP contribution is -2.33. The number of rotatable bonds is 5. The lowest BCUT2D eigenvalue weighted by molar-refractivity contribution is 0.0536. The van der Waals surface area contributed by atoms with Crippen LogP contribution < -0.4 is 5.32 Å². The summed E-state index contributed by atoms with van der Waals surface area (Å²) in [6.45, 7) is 6.42. The monoisotopic (exact) mass is 356 g/mol. The van der Waals surface area contributed by atoms with Crippen LogP contribution in [-0.4, -0.2) is 30.6 Å². The molecular formula is C20H24N2O2S. The number of amides is 1. The molecule has 1 aromatic heterocycles. The van der Waals surface area contributed by atoms with E-state index in [4.69, 9.17) is 4.74 Å². The van der Waals surface area contributed by atoms with Gasteiger partial charge in [-0.2, -0.15) is 0 Å².